The SMILES string of the molecule is COC(=O)c1ccc(-c2ccc(/C=N/NC(=O)c3ccc(COc4ccc(-n5c(C)ccc5C)cc4)o3)o2)c(C)c1. The summed E-state index contributed by atoms with van der Waals surface area (Å²) in [6.07, 6.45) is 1.40. The number of benzene rings is 2. The van der Waals surface area contributed by atoms with Gasteiger partial charge in [0, 0.05) is 22.6 Å². The maximum atomic E-state index is 12.5. The van der Waals surface area contributed by atoms with Crippen LogP contribution in [0.25, 0.3) is 17.0 Å². The van der Waals surface area contributed by atoms with E-state index in [-0.39, 0.29) is 12.4 Å². The lowest BCUT2D eigenvalue weighted by atomic mass is 10.0. The number of amides is 1. The van der Waals surface area contributed by atoms with Gasteiger partial charge < -0.3 is 22.9 Å². The molecule has 0 saturated heterocycles. The van der Waals surface area contributed by atoms with E-state index in [2.05, 4.69) is 41.1 Å². The van der Waals surface area contributed by atoms with Crippen molar-refractivity contribution in [1.82, 2.24) is 9.99 Å². The fraction of sp³-hybridized carbons (Fsp3) is 0.156. The van der Waals surface area contributed by atoms with Crippen LogP contribution in [0, 0.1) is 20.8 Å². The number of carbonyl (C=O) groups excluding carboxylic acids is 2. The fourth-order valence-corrected chi connectivity index (χ4v) is 4.46. The van der Waals surface area contributed by atoms with E-state index in [9.17, 15) is 9.59 Å². The van der Waals surface area contributed by atoms with Gasteiger partial charge in [-0.15, -0.1) is 0 Å². The molecular formula is C32H29N3O6. The Hall–Kier alpha value is -5.31. The van der Waals surface area contributed by atoms with Crippen molar-refractivity contribution in [3.05, 3.63) is 119 Å². The van der Waals surface area contributed by atoms with Crippen molar-refractivity contribution >= 4 is 18.1 Å². The molecule has 0 aliphatic heterocycles. The number of nitrogens with one attached hydrogen (secondary N) is 1. The average Bonchev–Trinajstić information content (AvgIpc) is 3.72. The maximum Gasteiger partial charge on any atom is 0.337 e. The molecule has 1 N–H and O–H groups in total. The molecule has 0 radical (unpaired) electrons. The quantitative estimate of drug-likeness (QED) is 0.129. The molecule has 0 aliphatic rings. The molecular weight excluding hydrogens is 522 g/mol. The van der Waals surface area contributed by atoms with Crippen molar-refractivity contribution in [2.24, 2.45) is 5.10 Å². The highest BCUT2D eigenvalue weighted by atomic mass is 16.5. The molecule has 0 fully saturated rings. The Morgan fingerprint density at radius 1 is 0.902 bits per heavy atom. The first kappa shape index (κ1) is 27.3. The van der Waals surface area contributed by atoms with Gasteiger partial charge in [-0.05, 0) is 99.1 Å². The number of aromatic nitrogens is 1. The molecule has 5 rings (SSSR count). The Morgan fingerprint density at radius 3 is 2.37 bits per heavy atom. The second kappa shape index (κ2) is 11.8. The van der Waals surface area contributed by atoms with Crippen LogP contribution in [0.4, 0.5) is 0 Å². The van der Waals surface area contributed by atoms with Crippen molar-refractivity contribution in [3.63, 3.8) is 0 Å². The van der Waals surface area contributed by atoms with E-state index in [1.54, 1.807) is 42.5 Å². The predicted molar refractivity (Wildman–Crippen MR) is 154 cm³/mol. The van der Waals surface area contributed by atoms with Gasteiger partial charge in [-0.25, -0.2) is 10.2 Å². The van der Waals surface area contributed by atoms with Crippen LogP contribution in [0.1, 0.15) is 49.4 Å². The number of methoxy groups -OCH3 is 1. The van der Waals surface area contributed by atoms with Gasteiger partial charge >= 0.3 is 11.9 Å². The molecule has 0 bridgehead atoms. The molecule has 208 valence electrons. The summed E-state index contributed by atoms with van der Waals surface area (Å²) in [6.45, 7) is 6.19. The van der Waals surface area contributed by atoms with Gasteiger partial charge in [0.15, 0.2) is 5.76 Å². The number of rotatable bonds is 9. The molecule has 0 unspecified atom stereocenters. The van der Waals surface area contributed by atoms with E-state index < -0.39 is 11.9 Å². The van der Waals surface area contributed by atoms with E-state index in [0.717, 1.165) is 28.2 Å². The van der Waals surface area contributed by atoms with E-state index in [1.807, 2.05) is 31.2 Å². The summed E-state index contributed by atoms with van der Waals surface area (Å²) in [5.74, 6) is 1.44. The Bertz CT molecular complexity index is 1700. The minimum Gasteiger partial charge on any atom is -0.486 e. The molecule has 2 aromatic carbocycles. The first-order chi connectivity index (χ1) is 19.8. The van der Waals surface area contributed by atoms with E-state index >= 15 is 0 Å². The lowest BCUT2D eigenvalue weighted by molar-refractivity contribution is 0.0600. The van der Waals surface area contributed by atoms with Crippen LogP contribution in [-0.2, 0) is 11.3 Å². The molecule has 9 heteroatoms. The van der Waals surface area contributed by atoms with Crippen LogP contribution in [0.3, 0.4) is 0 Å². The summed E-state index contributed by atoms with van der Waals surface area (Å²) in [5.41, 5.74) is 7.96. The van der Waals surface area contributed by atoms with Crippen LogP contribution >= 0.6 is 0 Å². The van der Waals surface area contributed by atoms with E-state index in [1.165, 1.54) is 13.3 Å². The average molecular weight is 552 g/mol. The van der Waals surface area contributed by atoms with Crippen molar-refractivity contribution in [1.29, 1.82) is 0 Å². The van der Waals surface area contributed by atoms with Gasteiger partial charge in [-0.2, -0.15) is 5.10 Å². The highest BCUT2D eigenvalue weighted by molar-refractivity contribution is 5.92. The zero-order valence-corrected chi connectivity index (χ0v) is 23.1. The van der Waals surface area contributed by atoms with Crippen molar-refractivity contribution < 1.29 is 27.9 Å². The lowest BCUT2D eigenvalue weighted by Crippen LogP contribution is -2.16. The smallest absolute Gasteiger partial charge is 0.337 e. The molecule has 0 spiro atoms. The van der Waals surface area contributed by atoms with Crippen LogP contribution in [0.5, 0.6) is 5.75 Å². The molecule has 3 aromatic heterocycles. The number of ether oxygens (including phenoxy) is 2. The van der Waals surface area contributed by atoms with Crippen molar-refractivity contribution in [2.75, 3.05) is 7.11 Å². The van der Waals surface area contributed by atoms with Crippen LogP contribution in [0.15, 0.2) is 92.8 Å². The van der Waals surface area contributed by atoms with Crippen molar-refractivity contribution in [3.8, 4) is 22.8 Å². The zero-order chi connectivity index (χ0) is 28.9. The predicted octanol–water partition coefficient (Wildman–Crippen LogP) is 6.39. The van der Waals surface area contributed by atoms with Gasteiger partial charge in [0.05, 0.1) is 18.9 Å². The molecule has 41 heavy (non-hydrogen) atoms. The maximum absolute atomic E-state index is 12.5. The fourth-order valence-electron chi connectivity index (χ4n) is 4.46. The largest absolute Gasteiger partial charge is 0.486 e. The third-order valence-electron chi connectivity index (χ3n) is 6.53. The number of nitrogens with zero attached hydrogens (tertiary/aromatic N) is 2. The minimum absolute atomic E-state index is 0.108. The summed E-state index contributed by atoms with van der Waals surface area (Å²) < 4.78 is 24.2. The molecule has 0 atom stereocenters. The first-order valence-corrected chi connectivity index (χ1v) is 12.9. The number of aryl methyl sites for hydroxylation is 3. The molecule has 1 amide bonds. The summed E-state index contributed by atoms with van der Waals surface area (Å²) in [6, 6.07) is 23.9. The van der Waals surface area contributed by atoms with Crippen LogP contribution in [-0.4, -0.2) is 29.8 Å². The second-order valence-corrected chi connectivity index (χ2v) is 9.42. The van der Waals surface area contributed by atoms with E-state index in [4.69, 9.17) is 18.3 Å². The Labute approximate surface area is 237 Å². The summed E-state index contributed by atoms with van der Waals surface area (Å²) in [7, 11) is 1.34. The second-order valence-electron chi connectivity index (χ2n) is 9.42. The van der Waals surface area contributed by atoms with Crippen molar-refractivity contribution in [2.45, 2.75) is 27.4 Å². The number of esters is 1. The summed E-state index contributed by atoms with van der Waals surface area (Å²) in [4.78, 5) is 24.2. The summed E-state index contributed by atoms with van der Waals surface area (Å²) >= 11 is 0. The normalized spacial score (nSPS) is 11.1. The standard InChI is InChI=1S/C32H29N3O6/c1-20-17-23(32(37)38-4)7-14-28(20)29-15-12-26(40-29)18-33-34-31(36)30-16-13-27(41-30)19-39-25-10-8-24(9-11-25)35-21(2)5-6-22(35)3/h5-18H,19H2,1-4H3,(H,34,36)/b33-18+. The topological polar surface area (TPSA) is 108 Å². The first-order valence-electron chi connectivity index (χ1n) is 12.9. The van der Waals surface area contributed by atoms with Crippen LogP contribution < -0.4 is 10.2 Å². The Morgan fingerprint density at radius 2 is 1.66 bits per heavy atom. The third-order valence-corrected chi connectivity index (χ3v) is 6.53. The van der Waals surface area contributed by atoms with E-state index in [0.29, 0.717) is 28.6 Å². The third kappa shape index (κ3) is 6.14. The monoisotopic (exact) mass is 551 g/mol. The number of hydrogen-bond acceptors (Lipinski definition) is 7. The molecule has 3 heterocycles. The van der Waals surface area contributed by atoms with Gasteiger partial charge in [-0.1, -0.05) is 6.07 Å². The zero-order valence-electron chi connectivity index (χ0n) is 23.1. The van der Waals surface area contributed by atoms with Gasteiger partial charge in [-0.3, -0.25) is 4.79 Å². The highest BCUT2D eigenvalue weighted by Crippen LogP contribution is 2.26. The van der Waals surface area contributed by atoms with Gasteiger partial charge in [0.2, 0.25) is 0 Å². The molecule has 9 nitrogen and oxygen atoms in total. The molecule has 0 aliphatic carbocycles. The minimum atomic E-state index is -0.504. The van der Waals surface area contributed by atoms with Gasteiger partial charge in [0.25, 0.3) is 0 Å². The Kier molecular flexibility index (Phi) is 7.87. The number of furan rings is 2. The number of hydrogen-bond donors (Lipinski definition) is 1. The molecule has 0 saturated carbocycles. The highest BCUT2D eigenvalue weighted by Gasteiger charge is 2.13. The lowest BCUT2D eigenvalue weighted by Gasteiger charge is -2.10. The number of carbonyl (C=O) groups is 2. The van der Waals surface area contributed by atoms with Crippen LogP contribution in [0.2, 0.25) is 0 Å². The summed E-state index contributed by atoms with van der Waals surface area (Å²) in [5, 5.41) is 3.97. The Balaban J connectivity index is 1.14. The molecule has 5 aromatic rings. The number of hydrazone groups is 1. The van der Waals surface area contributed by atoms with Gasteiger partial charge in [0.1, 0.15) is 29.6 Å².